The van der Waals surface area contributed by atoms with Gasteiger partial charge in [0.15, 0.2) is 0 Å². The third kappa shape index (κ3) is 3.13. The van der Waals surface area contributed by atoms with E-state index in [1.54, 1.807) is 12.1 Å². The molecule has 4 heteroatoms. The number of phenolic OH excluding ortho intramolecular Hbond substituents is 1. The molecule has 0 bridgehead atoms. The van der Waals surface area contributed by atoms with Crippen LogP contribution in [0.15, 0.2) is 64.7 Å². The SMILES string of the molecule is O=C(c1ccc(-c2ccccc2)cc1O)N(C1CC1)C1CCC2=C(C=NC2)C1. The van der Waals surface area contributed by atoms with E-state index in [1.807, 2.05) is 47.5 Å². The summed E-state index contributed by atoms with van der Waals surface area (Å²) in [6.07, 6.45) is 7.02. The molecule has 4 nitrogen and oxygen atoms in total. The zero-order valence-corrected chi connectivity index (χ0v) is 15.8. The summed E-state index contributed by atoms with van der Waals surface area (Å²) in [5.41, 5.74) is 5.12. The molecule has 142 valence electrons. The summed E-state index contributed by atoms with van der Waals surface area (Å²) in [4.78, 5) is 19.8. The number of nitrogens with zero attached hydrogens (tertiary/aromatic N) is 2. The van der Waals surface area contributed by atoms with E-state index in [9.17, 15) is 9.90 Å². The summed E-state index contributed by atoms with van der Waals surface area (Å²) in [6, 6.07) is 15.8. The second-order valence-electron chi connectivity index (χ2n) is 8.04. The van der Waals surface area contributed by atoms with Gasteiger partial charge in [0.1, 0.15) is 5.75 Å². The largest absolute Gasteiger partial charge is 0.507 e. The Hall–Kier alpha value is -2.88. The van der Waals surface area contributed by atoms with Crippen LogP contribution < -0.4 is 0 Å². The van der Waals surface area contributed by atoms with Crippen molar-refractivity contribution in [2.75, 3.05) is 6.54 Å². The Kier molecular flexibility index (Phi) is 4.27. The van der Waals surface area contributed by atoms with Crippen molar-refractivity contribution in [1.29, 1.82) is 0 Å². The number of hydrogen-bond acceptors (Lipinski definition) is 3. The molecule has 1 unspecified atom stereocenters. The van der Waals surface area contributed by atoms with Gasteiger partial charge in [0.25, 0.3) is 5.91 Å². The van der Waals surface area contributed by atoms with Crippen molar-refractivity contribution in [2.45, 2.75) is 44.2 Å². The third-order valence-corrected chi connectivity index (χ3v) is 6.12. The molecule has 1 atom stereocenters. The quantitative estimate of drug-likeness (QED) is 0.853. The Morgan fingerprint density at radius 2 is 1.82 bits per heavy atom. The van der Waals surface area contributed by atoms with Crippen molar-refractivity contribution in [2.24, 2.45) is 4.99 Å². The lowest BCUT2D eigenvalue weighted by atomic mass is 9.88. The Balaban J connectivity index is 1.42. The van der Waals surface area contributed by atoms with Crippen LogP contribution in [0.4, 0.5) is 0 Å². The number of hydrogen-bond donors (Lipinski definition) is 1. The summed E-state index contributed by atoms with van der Waals surface area (Å²) < 4.78 is 0. The van der Waals surface area contributed by atoms with E-state index in [2.05, 4.69) is 4.99 Å². The van der Waals surface area contributed by atoms with E-state index in [4.69, 9.17) is 0 Å². The first kappa shape index (κ1) is 17.2. The van der Waals surface area contributed by atoms with Crippen LogP contribution in [0.5, 0.6) is 5.75 Å². The molecule has 0 aromatic heterocycles. The molecule has 0 spiro atoms. The molecule has 1 amide bonds. The van der Waals surface area contributed by atoms with Crippen molar-refractivity contribution < 1.29 is 9.90 Å². The molecule has 0 saturated heterocycles. The minimum Gasteiger partial charge on any atom is -0.507 e. The van der Waals surface area contributed by atoms with Crippen LogP contribution in [0, 0.1) is 0 Å². The van der Waals surface area contributed by atoms with Gasteiger partial charge in [-0.15, -0.1) is 0 Å². The van der Waals surface area contributed by atoms with Crippen molar-refractivity contribution >= 4 is 12.1 Å². The van der Waals surface area contributed by atoms with Crippen LogP contribution in [-0.2, 0) is 0 Å². The summed E-state index contributed by atoms with van der Waals surface area (Å²) in [5.74, 6) is 0.0266. The number of carbonyl (C=O) groups excluding carboxylic acids is 1. The highest BCUT2D eigenvalue weighted by atomic mass is 16.3. The lowest BCUT2D eigenvalue weighted by molar-refractivity contribution is 0.0642. The Bertz CT molecular complexity index is 973. The molecule has 28 heavy (non-hydrogen) atoms. The minimum absolute atomic E-state index is 0.0383. The molecule has 1 N–H and O–H groups in total. The normalized spacial score (nSPS) is 20.9. The fraction of sp³-hybridized carbons (Fsp3) is 0.333. The zero-order chi connectivity index (χ0) is 19.1. The molecule has 1 saturated carbocycles. The highest BCUT2D eigenvalue weighted by molar-refractivity contribution is 5.98. The lowest BCUT2D eigenvalue weighted by Crippen LogP contribution is -2.43. The summed E-state index contributed by atoms with van der Waals surface area (Å²) in [5, 5.41) is 10.6. The van der Waals surface area contributed by atoms with Gasteiger partial charge in [0.2, 0.25) is 0 Å². The summed E-state index contributed by atoms with van der Waals surface area (Å²) in [6.45, 7) is 0.834. The Labute approximate surface area is 165 Å². The van der Waals surface area contributed by atoms with E-state index in [0.29, 0.717) is 11.6 Å². The first-order chi connectivity index (χ1) is 13.7. The average Bonchev–Trinajstić information content (AvgIpc) is 3.44. The molecule has 1 aliphatic heterocycles. The van der Waals surface area contributed by atoms with Gasteiger partial charge in [0.05, 0.1) is 12.1 Å². The lowest BCUT2D eigenvalue weighted by Gasteiger charge is -2.35. The summed E-state index contributed by atoms with van der Waals surface area (Å²) in [7, 11) is 0. The molecule has 1 heterocycles. The van der Waals surface area contributed by atoms with Crippen LogP contribution in [0.3, 0.4) is 0 Å². The van der Waals surface area contributed by atoms with Gasteiger partial charge in [-0.25, -0.2) is 0 Å². The maximum atomic E-state index is 13.4. The average molecular weight is 372 g/mol. The Morgan fingerprint density at radius 1 is 1.00 bits per heavy atom. The standard InChI is InChI=1S/C24H24N2O2/c27-23-13-17(16-4-2-1-3-5-16)7-11-22(23)24(28)26(20-9-10-20)21-8-6-18-14-25-15-19(18)12-21/h1-5,7,11,13,15,20-21,27H,6,8-10,12,14H2. The summed E-state index contributed by atoms with van der Waals surface area (Å²) >= 11 is 0. The van der Waals surface area contributed by atoms with Crippen molar-refractivity contribution in [3.8, 4) is 16.9 Å². The monoisotopic (exact) mass is 372 g/mol. The van der Waals surface area contributed by atoms with E-state index in [0.717, 1.165) is 49.8 Å². The zero-order valence-electron chi connectivity index (χ0n) is 15.8. The minimum atomic E-state index is -0.0383. The number of benzene rings is 2. The highest BCUT2D eigenvalue weighted by Crippen LogP contribution is 2.38. The molecular formula is C24H24N2O2. The van der Waals surface area contributed by atoms with Gasteiger partial charge in [-0.05, 0) is 66.5 Å². The van der Waals surface area contributed by atoms with Gasteiger partial charge in [-0.2, -0.15) is 0 Å². The molecular weight excluding hydrogens is 348 g/mol. The molecule has 0 radical (unpaired) electrons. The van der Waals surface area contributed by atoms with E-state index >= 15 is 0 Å². The fourth-order valence-electron chi connectivity index (χ4n) is 4.47. The number of amides is 1. The molecule has 1 fully saturated rings. The third-order valence-electron chi connectivity index (χ3n) is 6.12. The van der Waals surface area contributed by atoms with Crippen molar-refractivity contribution in [1.82, 2.24) is 4.90 Å². The van der Waals surface area contributed by atoms with Crippen LogP contribution in [0.1, 0.15) is 42.5 Å². The van der Waals surface area contributed by atoms with Gasteiger partial charge in [0, 0.05) is 18.3 Å². The van der Waals surface area contributed by atoms with Gasteiger partial charge >= 0.3 is 0 Å². The predicted molar refractivity (Wildman–Crippen MR) is 111 cm³/mol. The number of aromatic hydroxyl groups is 1. The maximum Gasteiger partial charge on any atom is 0.258 e. The molecule has 2 aromatic rings. The number of aliphatic imine (C=N–C) groups is 1. The fourth-order valence-corrected chi connectivity index (χ4v) is 4.47. The van der Waals surface area contributed by atoms with Crippen LogP contribution in [0.2, 0.25) is 0 Å². The highest BCUT2D eigenvalue weighted by Gasteiger charge is 2.40. The first-order valence-electron chi connectivity index (χ1n) is 10.1. The topological polar surface area (TPSA) is 52.9 Å². The predicted octanol–water partition coefficient (Wildman–Crippen LogP) is 4.60. The van der Waals surface area contributed by atoms with Crippen molar-refractivity contribution in [3.63, 3.8) is 0 Å². The molecule has 5 rings (SSSR count). The first-order valence-corrected chi connectivity index (χ1v) is 10.1. The van der Waals surface area contributed by atoms with Gasteiger partial charge in [-0.1, -0.05) is 36.4 Å². The van der Waals surface area contributed by atoms with Crippen LogP contribution in [-0.4, -0.2) is 40.8 Å². The van der Waals surface area contributed by atoms with Gasteiger partial charge < -0.3 is 10.0 Å². The molecule has 2 aliphatic carbocycles. The number of carbonyl (C=O) groups is 1. The van der Waals surface area contributed by atoms with Crippen molar-refractivity contribution in [3.05, 3.63) is 65.2 Å². The molecule has 3 aliphatic rings. The second kappa shape index (κ2) is 6.93. The van der Waals surface area contributed by atoms with Gasteiger partial charge in [-0.3, -0.25) is 9.79 Å². The molecule has 2 aromatic carbocycles. The smallest absolute Gasteiger partial charge is 0.258 e. The van der Waals surface area contributed by atoms with Crippen LogP contribution in [0.25, 0.3) is 11.1 Å². The Morgan fingerprint density at radius 3 is 2.57 bits per heavy atom. The number of phenols is 1. The van der Waals surface area contributed by atoms with E-state index in [-0.39, 0.29) is 17.7 Å². The number of rotatable bonds is 4. The van der Waals surface area contributed by atoms with E-state index in [1.165, 1.54) is 11.1 Å². The van der Waals surface area contributed by atoms with E-state index < -0.39 is 0 Å². The van der Waals surface area contributed by atoms with Crippen LogP contribution >= 0.6 is 0 Å². The second-order valence-corrected chi connectivity index (χ2v) is 8.04. The maximum absolute atomic E-state index is 13.4.